The maximum atomic E-state index is 11.2. The predicted molar refractivity (Wildman–Crippen MR) is 44.9 cm³/mol. The molecule has 1 heterocycles. The highest BCUT2D eigenvalue weighted by molar-refractivity contribution is 9.10. The molecule has 0 radical (unpaired) electrons. The summed E-state index contributed by atoms with van der Waals surface area (Å²) < 4.78 is 4.78. The van der Waals surface area contributed by atoms with Gasteiger partial charge in [0.05, 0.1) is 6.26 Å². The Morgan fingerprint density at radius 1 is 1.58 bits per heavy atom. The van der Waals surface area contributed by atoms with Crippen LogP contribution in [-0.4, -0.2) is 16.5 Å². The maximum Gasteiger partial charge on any atom is 0.239 e. The molecule has 0 aliphatic rings. The monoisotopic (exact) mass is 231 g/mol. The van der Waals surface area contributed by atoms with Gasteiger partial charge in [0.2, 0.25) is 11.7 Å². The van der Waals surface area contributed by atoms with E-state index in [-0.39, 0.29) is 5.76 Å². The molecule has 0 saturated carbocycles. The Labute approximate surface area is 76.9 Å². The number of halogens is 1. The molecule has 2 N–H and O–H groups in total. The number of carbonyl (C=O) groups excluding carboxylic acids is 2. The van der Waals surface area contributed by atoms with E-state index in [0.717, 1.165) is 0 Å². The summed E-state index contributed by atoms with van der Waals surface area (Å²) in [5.41, 5.74) is 4.89. The van der Waals surface area contributed by atoms with Gasteiger partial charge in [-0.25, -0.2) is 0 Å². The lowest BCUT2D eigenvalue weighted by molar-refractivity contribution is -0.116. The largest absolute Gasteiger partial charge is 0.461 e. The average molecular weight is 232 g/mol. The lowest BCUT2D eigenvalue weighted by Crippen LogP contribution is -2.30. The molecule has 4 nitrogen and oxygen atoms in total. The summed E-state index contributed by atoms with van der Waals surface area (Å²) in [4.78, 5) is 20.7. The first-order chi connectivity index (χ1) is 5.63. The van der Waals surface area contributed by atoms with Crippen molar-refractivity contribution in [2.75, 3.05) is 0 Å². The highest BCUT2D eigenvalue weighted by Crippen LogP contribution is 2.10. The third-order valence-corrected chi connectivity index (χ3v) is 2.11. The number of Topliss-reactive ketones (excluding diaryl/α,β-unsaturated/α-hetero) is 1. The van der Waals surface area contributed by atoms with E-state index >= 15 is 0 Å². The molecule has 0 aliphatic heterocycles. The second-order valence-corrected chi connectivity index (χ2v) is 3.02. The molecular weight excluding hydrogens is 226 g/mol. The quantitative estimate of drug-likeness (QED) is 0.473. The summed E-state index contributed by atoms with van der Waals surface area (Å²) >= 11 is 2.84. The molecular formula is C7H6BrNO3. The van der Waals surface area contributed by atoms with E-state index in [2.05, 4.69) is 15.9 Å². The predicted octanol–water partition coefficient (Wildman–Crippen LogP) is 0.711. The summed E-state index contributed by atoms with van der Waals surface area (Å²) in [5.74, 6) is -1.07. The number of hydrogen-bond donors (Lipinski definition) is 1. The third-order valence-electron chi connectivity index (χ3n) is 1.24. The SMILES string of the molecule is NC(=O)C(Br)C(=O)c1ccco1. The number of primary amides is 1. The van der Waals surface area contributed by atoms with Crippen LogP contribution in [0.5, 0.6) is 0 Å². The number of alkyl halides is 1. The summed E-state index contributed by atoms with van der Waals surface area (Å²) in [6.45, 7) is 0. The summed E-state index contributed by atoms with van der Waals surface area (Å²) in [5, 5.41) is 0. The number of carbonyl (C=O) groups is 2. The van der Waals surface area contributed by atoms with Gasteiger partial charge in [0.25, 0.3) is 0 Å². The Morgan fingerprint density at radius 3 is 2.67 bits per heavy atom. The summed E-state index contributed by atoms with van der Waals surface area (Å²) in [7, 11) is 0. The number of ketones is 1. The zero-order valence-electron chi connectivity index (χ0n) is 5.99. The number of furan rings is 1. The van der Waals surface area contributed by atoms with Crippen LogP contribution >= 0.6 is 15.9 Å². The van der Waals surface area contributed by atoms with E-state index in [1.807, 2.05) is 0 Å². The first kappa shape index (κ1) is 8.99. The van der Waals surface area contributed by atoms with Crippen molar-refractivity contribution in [3.05, 3.63) is 24.2 Å². The topological polar surface area (TPSA) is 73.3 Å². The van der Waals surface area contributed by atoms with Crippen molar-refractivity contribution in [2.45, 2.75) is 4.83 Å². The van der Waals surface area contributed by atoms with Gasteiger partial charge >= 0.3 is 0 Å². The molecule has 0 saturated heterocycles. The molecule has 0 aromatic carbocycles. The zero-order valence-corrected chi connectivity index (χ0v) is 7.58. The van der Waals surface area contributed by atoms with E-state index in [0.29, 0.717) is 0 Å². The van der Waals surface area contributed by atoms with Gasteiger partial charge in [0.1, 0.15) is 0 Å². The fourth-order valence-electron chi connectivity index (χ4n) is 0.673. The van der Waals surface area contributed by atoms with Gasteiger partial charge in [-0.05, 0) is 12.1 Å². The molecule has 0 aliphatic carbocycles. The Kier molecular flexibility index (Phi) is 2.65. The fourth-order valence-corrected chi connectivity index (χ4v) is 0.898. The van der Waals surface area contributed by atoms with E-state index in [9.17, 15) is 9.59 Å². The second kappa shape index (κ2) is 3.53. The lowest BCUT2D eigenvalue weighted by atomic mass is 10.2. The molecule has 0 bridgehead atoms. The van der Waals surface area contributed by atoms with Crippen LogP contribution in [0.2, 0.25) is 0 Å². The highest BCUT2D eigenvalue weighted by atomic mass is 79.9. The number of nitrogens with two attached hydrogens (primary N) is 1. The van der Waals surface area contributed by atoms with E-state index < -0.39 is 16.5 Å². The first-order valence-electron chi connectivity index (χ1n) is 3.14. The normalized spacial score (nSPS) is 12.4. The second-order valence-electron chi connectivity index (χ2n) is 2.11. The van der Waals surface area contributed by atoms with Gasteiger partial charge < -0.3 is 10.2 Å². The Bertz CT molecular complexity index is 294. The molecule has 12 heavy (non-hydrogen) atoms. The van der Waals surface area contributed by atoms with Gasteiger partial charge in [-0.3, -0.25) is 9.59 Å². The Balaban J connectivity index is 2.79. The van der Waals surface area contributed by atoms with Crippen LogP contribution in [0.1, 0.15) is 10.6 Å². The maximum absolute atomic E-state index is 11.2. The van der Waals surface area contributed by atoms with Crippen molar-refractivity contribution in [3.8, 4) is 0 Å². The summed E-state index contributed by atoms with van der Waals surface area (Å²) in [6, 6.07) is 3.04. The average Bonchev–Trinajstić information content (AvgIpc) is 2.53. The minimum atomic E-state index is -1.01. The molecule has 64 valence electrons. The molecule has 0 fully saturated rings. The van der Waals surface area contributed by atoms with Crippen LogP contribution in [0.3, 0.4) is 0 Å². The van der Waals surface area contributed by atoms with Gasteiger partial charge in [0, 0.05) is 0 Å². The van der Waals surface area contributed by atoms with Crippen molar-refractivity contribution in [3.63, 3.8) is 0 Å². The van der Waals surface area contributed by atoms with Gasteiger partial charge in [-0.2, -0.15) is 0 Å². The molecule has 0 spiro atoms. The van der Waals surface area contributed by atoms with Crippen LogP contribution < -0.4 is 5.73 Å². The molecule has 1 rings (SSSR count). The third kappa shape index (κ3) is 1.73. The van der Waals surface area contributed by atoms with Gasteiger partial charge in [0.15, 0.2) is 10.6 Å². The van der Waals surface area contributed by atoms with Crippen molar-refractivity contribution in [1.82, 2.24) is 0 Å². The summed E-state index contributed by atoms with van der Waals surface area (Å²) in [6.07, 6.45) is 1.36. The molecule has 1 aromatic heterocycles. The molecule has 1 unspecified atom stereocenters. The fraction of sp³-hybridized carbons (Fsp3) is 0.143. The standard InChI is InChI=1S/C7H6BrNO3/c8-5(7(9)11)6(10)4-2-1-3-12-4/h1-3,5H,(H2,9,11). The number of hydrogen-bond acceptors (Lipinski definition) is 3. The molecule has 1 atom stereocenters. The van der Waals surface area contributed by atoms with Crippen molar-refractivity contribution in [2.24, 2.45) is 5.73 Å². The number of amides is 1. The van der Waals surface area contributed by atoms with Crippen molar-refractivity contribution < 1.29 is 14.0 Å². The van der Waals surface area contributed by atoms with Gasteiger partial charge in [-0.15, -0.1) is 0 Å². The Morgan fingerprint density at radius 2 is 2.25 bits per heavy atom. The molecule has 1 amide bonds. The van der Waals surface area contributed by atoms with Crippen LogP contribution in [0.15, 0.2) is 22.8 Å². The minimum absolute atomic E-state index is 0.121. The molecule has 1 aromatic rings. The van der Waals surface area contributed by atoms with E-state index in [1.165, 1.54) is 12.3 Å². The van der Waals surface area contributed by atoms with Gasteiger partial charge in [-0.1, -0.05) is 15.9 Å². The minimum Gasteiger partial charge on any atom is -0.461 e. The Hall–Kier alpha value is -1.10. The van der Waals surface area contributed by atoms with Crippen LogP contribution in [0.4, 0.5) is 0 Å². The molecule has 5 heteroatoms. The smallest absolute Gasteiger partial charge is 0.239 e. The number of rotatable bonds is 3. The first-order valence-corrected chi connectivity index (χ1v) is 4.05. The lowest BCUT2D eigenvalue weighted by Gasteiger charge is -1.99. The van der Waals surface area contributed by atoms with Crippen LogP contribution in [0, 0.1) is 0 Å². The highest BCUT2D eigenvalue weighted by Gasteiger charge is 2.23. The zero-order chi connectivity index (χ0) is 9.14. The van der Waals surface area contributed by atoms with Crippen LogP contribution in [-0.2, 0) is 4.79 Å². The van der Waals surface area contributed by atoms with Crippen LogP contribution in [0.25, 0.3) is 0 Å². The van der Waals surface area contributed by atoms with E-state index in [1.54, 1.807) is 6.07 Å². The van der Waals surface area contributed by atoms with Crippen molar-refractivity contribution in [1.29, 1.82) is 0 Å². The van der Waals surface area contributed by atoms with E-state index in [4.69, 9.17) is 10.2 Å². The van der Waals surface area contributed by atoms with Crippen molar-refractivity contribution >= 4 is 27.6 Å².